The fourth-order valence-corrected chi connectivity index (χ4v) is 0.770. The zero-order valence-corrected chi connectivity index (χ0v) is 7.10. The van der Waals surface area contributed by atoms with Crippen molar-refractivity contribution >= 4 is 12.6 Å². The number of aldehydes is 2. The average Bonchev–Trinajstić information content (AvgIpc) is 2.21. The van der Waals surface area contributed by atoms with Crippen LogP contribution in [0.1, 0.15) is 20.7 Å². The third-order valence-corrected chi connectivity index (χ3v) is 1.35. The van der Waals surface area contributed by atoms with Crippen molar-refractivity contribution < 1.29 is 19.8 Å². The maximum atomic E-state index is 10.2. The molecule has 1 aromatic carbocycles. The zero-order valence-electron chi connectivity index (χ0n) is 7.10. The SMILES string of the molecule is CO.O=Cc1cccc(C=O)c1O. The number of hydrogen-bond donors (Lipinski definition) is 2. The number of benzene rings is 1. The van der Waals surface area contributed by atoms with Crippen LogP contribution in [0.15, 0.2) is 18.2 Å². The molecule has 0 heterocycles. The molecule has 0 saturated heterocycles. The molecule has 0 saturated carbocycles. The second-order valence-electron chi connectivity index (χ2n) is 2.02. The fourth-order valence-electron chi connectivity index (χ4n) is 0.770. The lowest BCUT2D eigenvalue weighted by Crippen LogP contribution is -1.86. The van der Waals surface area contributed by atoms with Gasteiger partial charge in [0.05, 0.1) is 11.1 Å². The van der Waals surface area contributed by atoms with E-state index >= 15 is 0 Å². The van der Waals surface area contributed by atoms with Gasteiger partial charge in [0.2, 0.25) is 0 Å². The monoisotopic (exact) mass is 182 g/mol. The van der Waals surface area contributed by atoms with Gasteiger partial charge < -0.3 is 10.2 Å². The van der Waals surface area contributed by atoms with E-state index in [1.807, 2.05) is 0 Å². The summed E-state index contributed by atoms with van der Waals surface area (Å²) in [4.78, 5) is 20.4. The van der Waals surface area contributed by atoms with Crippen LogP contribution in [0.2, 0.25) is 0 Å². The van der Waals surface area contributed by atoms with Crippen molar-refractivity contribution in [2.45, 2.75) is 0 Å². The first-order valence-electron chi connectivity index (χ1n) is 3.46. The standard InChI is InChI=1S/C8H6O3.CH4O/c9-4-6-2-1-3-7(5-10)8(6)11;1-2/h1-5,11H;2H,1H3. The Morgan fingerprint density at radius 1 is 1.08 bits per heavy atom. The van der Waals surface area contributed by atoms with Crippen molar-refractivity contribution in [3.05, 3.63) is 29.3 Å². The molecule has 1 rings (SSSR count). The number of carbonyl (C=O) groups is 2. The van der Waals surface area contributed by atoms with Crippen molar-refractivity contribution in [1.29, 1.82) is 0 Å². The summed E-state index contributed by atoms with van der Waals surface area (Å²) in [5.41, 5.74) is 0.268. The summed E-state index contributed by atoms with van der Waals surface area (Å²) in [6.45, 7) is 0. The van der Waals surface area contributed by atoms with Crippen LogP contribution in [0.5, 0.6) is 5.75 Å². The molecule has 0 amide bonds. The maximum Gasteiger partial charge on any atom is 0.153 e. The van der Waals surface area contributed by atoms with Crippen molar-refractivity contribution in [3.8, 4) is 5.75 Å². The van der Waals surface area contributed by atoms with Crippen LogP contribution in [-0.2, 0) is 0 Å². The van der Waals surface area contributed by atoms with E-state index in [1.54, 1.807) is 0 Å². The first kappa shape index (κ1) is 11.3. The lowest BCUT2D eigenvalue weighted by Gasteiger charge is -1.97. The molecule has 0 aliphatic heterocycles. The Morgan fingerprint density at radius 2 is 1.46 bits per heavy atom. The van der Waals surface area contributed by atoms with Crippen LogP contribution in [0.25, 0.3) is 0 Å². The summed E-state index contributed by atoms with van der Waals surface area (Å²) >= 11 is 0. The molecule has 1 aromatic rings. The van der Waals surface area contributed by atoms with Crippen LogP contribution >= 0.6 is 0 Å². The second-order valence-corrected chi connectivity index (χ2v) is 2.02. The molecular weight excluding hydrogens is 172 g/mol. The lowest BCUT2D eigenvalue weighted by molar-refractivity contribution is 0.112. The first-order chi connectivity index (χ1) is 6.29. The van der Waals surface area contributed by atoms with Gasteiger partial charge in [0.1, 0.15) is 5.75 Å². The number of aliphatic hydroxyl groups excluding tert-OH is 1. The van der Waals surface area contributed by atoms with E-state index in [0.29, 0.717) is 12.6 Å². The minimum absolute atomic E-state index is 0.134. The number of hydrogen-bond acceptors (Lipinski definition) is 4. The van der Waals surface area contributed by atoms with Crippen LogP contribution in [-0.4, -0.2) is 29.9 Å². The first-order valence-corrected chi connectivity index (χ1v) is 3.46. The van der Waals surface area contributed by atoms with E-state index in [9.17, 15) is 9.59 Å². The number of phenols is 1. The van der Waals surface area contributed by atoms with Crippen LogP contribution in [0, 0.1) is 0 Å². The van der Waals surface area contributed by atoms with E-state index in [0.717, 1.165) is 7.11 Å². The van der Waals surface area contributed by atoms with Crippen molar-refractivity contribution in [2.24, 2.45) is 0 Å². The zero-order chi connectivity index (χ0) is 10.3. The number of rotatable bonds is 2. The summed E-state index contributed by atoms with van der Waals surface area (Å²) in [5, 5.41) is 16.1. The summed E-state index contributed by atoms with van der Waals surface area (Å²) in [6.07, 6.45) is 1.00. The molecule has 0 aliphatic carbocycles. The topological polar surface area (TPSA) is 74.6 Å². The van der Waals surface area contributed by atoms with Gasteiger partial charge in [0, 0.05) is 7.11 Å². The quantitative estimate of drug-likeness (QED) is 0.657. The summed E-state index contributed by atoms with van der Waals surface area (Å²) < 4.78 is 0. The van der Waals surface area contributed by atoms with Crippen LogP contribution < -0.4 is 0 Å². The minimum atomic E-state index is -0.252. The molecule has 70 valence electrons. The molecule has 0 aliphatic rings. The van der Waals surface area contributed by atoms with Gasteiger partial charge in [-0.05, 0) is 12.1 Å². The Morgan fingerprint density at radius 3 is 1.77 bits per heavy atom. The van der Waals surface area contributed by atoms with Crippen molar-refractivity contribution in [2.75, 3.05) is 7.11 Å². The molecule has 0 unspecified atom stereocenters. The van der Waals surface area contributed by atoms with Gasteiger partial charge in [-0.3, -0.25) is 9.59 Å². The highest BCUT2D eigenvalue weighted by Crippen LogP contribution is 2.18. The number of carbonyl (C=O) groups excluding carboxylic acids is 2. The van der Waals surface area contributed by atoms with E-state index in [4.69, 9.17) is 10.2 Å². The van der Waals surface area contributed by atoms with E-state index < -0.39 is 0 Å². The minimum Gasteiger partial charge on any atom is -0.506 e. The highest BCUT2D eigenvalue weighted by Gasteiger charge is 2.03. The second kappa shape index (κ2) is 5.91. The molecule has 0 bridgehead atoms. The maximum absolute atomic E-state index is 10.2. The Hall–Kier alpha value is -1.68. The summed E-state index contributed by atoms with van der Waals surface area (Å²) in [5.74, 6) is -0.252. The molecule has 4 heteroatoms. The molecule has 0 fully saturated rings. The number of para-hydroxylation sites is 1. The van der Waals surface area contributed by atoms with Crippen LogP contribution in [0.4, 0.5) is 0 Å². The van der Waals surface area contributed by atoms with Gasteiger partial charge in [0.15, 0.2) is 12.6 Å². The molecule has 13 heavy (non-hydrogen) atoms. The van der Waals surface area contributed by atoms with Gasteiger partial charge in [0.25, 0.3) is 0 Å². The number of aliphatic hydroxyl groups is 1. The Kier molecular flexibility index (Phi) is 5.14. The number of phenolic OH excluding ortho intramolecular Hbond substituents is 1. The number of aromatic hydroxyl groups is 1. The van der Waals surface area contributed by atoms with Crippen molar-refractivity contribution in [3.63, 3.8) is 0 Å². The summed E-state index contributed by atoms with van der Waals surface area (Å²) in [7, 11) is 1.00. The molecule has 0 atom stereocenters. The lowest BCUT2D eigenvalue weighted by atomic mass is 10.1. The molecule has 4 nitrogen and oxygen atoms in total. The van der Waals surface area contributed by atoms with E-state index in [2.05, 4.69) is 0 Å². The molecule has 0 aromatic heterocycles. The average molecular weight is 182 g/mol. The smallest absolute Gasteiger partial charge is 0.153 e. The Labute approximate surface area is 75.4 Å². The third-order valence-electron chi connectivity index (χ3n) is 1.35. The highest BCUT2D eigenvalue weighted by molar-refractivity contribution is 5.87. The van der Waals surface area contributed by atoms with Gasteiger partial charge in [-0.25, -0.2) is 0 Å². The van der Waals surface area contributed by atoms with Gasteiger partial charge in [-0.15, -0.1) is 0 Å². The molecular formula is C9H10O4. The fraction of sp³-hybridized carbons (Fsp3) is 0.111. The molecule has 2 N–H and O–H groups in total. The van der Waals surface area contributed by atoms with E-state index in [1.165, 1.54) is 18.2 Å². The summed E-state index contributed by atoms with van der Waals surface area (Å²) in [6, 6.07) is 4.41. The van der Waals surface area contributed by atoms with Gasteiger partial charge in [-0.2, -0.15) is 0 Å². The van der Waals surface area contributed by atoms with Crippen LogP contribution in [0.3, 0.4) is 0 Å². The normalized spacial score (nSPS) is 8.15. The Bertz CT molecular complexity index is 267. The largest absolute Gasteiger partial charge is 0.506 e. The Balaban J connectivity index is 0.000000671. The predicted molar refractivity (Wildman–Crippen MR) is 47.0 cm³/mol. The third kappa shape index (κ3) is 2.68. The molecule has 0 spiro atoms. The van der Waals surface area contributed by atoms with E-state index in [-0.39, 0.29) is 16.9 Å². The van der Waals surface area contributed by atoms with Crippen molar-refractivity contribution in [1.82, 2.24) is 0 Å². The van der Waals surface area contributed by atoms with Gasteiger partial charge >= 0.3 is 0 Å². The predicted octanol–water partition coefficient (Wildman–Crippen LogP) is 0.626. The molecule has 0 radical (unpaired) electrons. The highest BCUT2D eigenvalue weighted by atomic mass is 16.3. The van der Waals surface area contributed by atoms with Gasteiger partial charge in [-0.1, -0.05) is 6.07 Å².